The molecule has 0 unspecified atom stereocenters. The Morgan fingerprint density at radius 3 is 2.62 bits per heavy atom. The van der Waals surface area contributed by atoms with Gasteiger partial charge in [-0.2, -0.15) is 0 Å². The number of carbonyl (C=O) groups excluding carboxylic acids is 2. The number of fused-ring (bicyclic) bond motifs is 1. The molecule has 0 fully saturated rings. The van der Waals surface area contributed by atoms with E-state index in [1.165, 1.54) is 7.11 Å². The number of methoxy groups -OCH3 is 2. The molecule has 1 aliphatic rings. The van der Waals surface area contributed by atoms with Crippen molar-refractivity contribution in [3.05, 3.63) is 42.0 Å². The lowest BCUT2D eigenvalue weighted by Crippen LogP contribution is -2.32. The van der Waals surface area contributed by atoms with Gasteiger partial charge >= 0.3 is 0 Å². The van der Waals surface area contributed by atoms with Gasteiger partial charge in [0, 0.05) is 24.4 Å². The van der Waals surface area contributed by atoms with Gasteiger partial charge in [0.2, 0.25) is 12.7 Å². The zero-order valence-corrected chi connectivity index (χ0v) is 16.2. The second kappa shape index (κ2) is 9.65. The number of hydrogen-bond acceptors (Lipinski definition) is 7. The molecule has 154 valence electrons. The average Bonchev–Trinajstić information content (AvgIpc) is 3.20. The molecule has 2 aromatic rings. The van der Waals surface area contributed by atoms with E-state index in [0.29, 0.717) is 47.5 Å². The van der Waals surface area contributed by atoms with Crippen molar-refractivity contribution in [2.75, 3.05) is 46.1 Å². The number of hydrogen-bond donors (Lipinski definition) is 2. The van der Waals surface area contributed by atoms with Crippen molar-refractivity contribution in [2.24, 2.45) is 0 Å². The van der Waals surface area contributed by atoms with Crippen LogP contribution in [0.5, 0.6) is 23.0 Å². The molecule has 2 N–H and O–H groups in total. The minimum absolute atomic E-state index is 0.127. The van der Waals surface area contributed by atoms with Crippen LogP contribution in [-0.4, -0.2) is 52.6 Å². The first kappa shape index (κ1) is 20.3. The third-order valence-corrected chi connectivity index (χ3v) is 4.04. The number of ether oxygens (including phenoxy) is 5. The Bertz CT molecular complexity index is 885. The van der Waals surface area contributed by atoms with E-state index in [2.05, 4.69) is 10.6 Å². The highest BCUT2D eigenvalue weighted by molar-refractivity contribution is 5.99. The molecular formula is C20H22N2O7. The smallest absolute Gasteiger partial charge is 0.251 e. The van der Waals surface area contributed by atoms with Gasteiger partial charge in [-0.1, -0.05) is 0 Å². The Hall–Kier alpha value is -3.46. The van der Waals surface area contributed by atoms with E-state index >= 15 is 0 Å². The van der Waals surface area contributed by atoms with Crippen LogP contribution in [0.1, 0.15) is 10.4 Å². The van der Waals surface area contributed by atoms with E-state index in [0.717, 1.165) is 0 Å². The van der Waals surface area contributed by atoms with Crippen molar-refractivity contribution in [1.29, 1.82) is 0 Å². The molecule has 0 atom stereocenters. The van der Waals surface area contributed by atoms with Crippen LogP contribution in [0, 0.1) is 0 Å². The molecule has 9 nitrogen and oxygen atoms in total. The summed E-state index contributed by atoms with van der Waals surface area (Å²) in [5, 5.41) is 5.28. The first-order valence-corrected chi connectivity index (χ1v) is 8.88. The van der Waals surface area contributed by atoms with Gasteiger partial charge in [0.1, 0.15) is 6.61 Å². The van der Waals surface area contributed by atoms with Crippen molar-refractivity contribution in [3.8, 4) is 23.0 Å². The van der Waals surface area contributed by atoms with Crippen LogP contribution < -0.4 is 29.6 Å². The minimum Gasteiger partial charge on any atom is -0.493 e. The van der Waals surface area contributed by atoms with Gasteiger partial charge in [0.15, 0.2) is 23.0 Å². The second-order valence-corrected chi connectivity index (χ2v) is 6.01. The molecule has 29 heavy (non-hydrogen) atoms. The molecule has 1 aliphatic heterocycles. The quantitative estimate of drug-likeness (QED) is 0.617. The molecule has 2 amide bonds. The molecule has 1 heterocycles. The lowest BCUT2D eigenvalue weighted by molar-refractivity contribution is -0.115. The largest absolute Gasteiger partial charge is 0.493 e. The molecule has 0 aliphatic carbocycles. The number of nitrogens with one attached hydrogen (secondary N) is 2. The molecule has 0 saturated heterocycles. The van der Waals surface area contributed by atoms with Crippen molar-refractivity contribution in [1.82, 2.24) is 5.32 Å². The van der Waals surface area contributed by atoms with E-state index in [4.69, 9.17) is 23.7 Å². The van der Waals surface area contributed by atoms with Gasteiger partial charge in [-0.3, -0.25) is 9.59 Å². The van der Waals surface area contributed by atoms with Crippen LogP contribution in [0.2, 0.25) is 0 Å². The van der Waals surface area contributed by atoms with Crippen LogP contribution in [0.4, 0.5) is 5.69 Å². The Labute approximate surface area is 167 Å². The summed E-state index contributed by atoms with van der Waals surface area (Å²) in [7, 11) is 3.11. The highest BCUT2D eigenvalue weighted by Crippen LogP contribution is 2.32. The number of benzene rings is 2. The summed E-state index contributed by atoms with van der Waals surface area (Å²) in [5.74, 6) is 1.33. The molecule has 2 aromatic carbocycles. The van der Waals surface area contributed by atoms with Crippen molar-refractivity contribution >= 4 is 17.5 Å². The van der Waals surface area contributed by atoms with Crippen molar-refractivity contribution in [3.63, 3.8) is 0 Å². The van der Waals surface area contributed by atoms with Gasteiger partial charge in [-0.05, 0) is 30.3 Å². The Morgan fingerprint density at radius 2 is 1.83 bits per heavy atom. The highest BCUT2D eigenvalue weighted by atomic mass is 16.7. The third-order valence-electron chi connectivity index (χ3n) is 4.04. The second-order valence-electron chi connectivity index (χ2n) is 6.01. The van der Waals surface area contributed by atoms with E-state index in [9.17, 15) is 9.59 Å². The summed E-state index contributed by atoms with van der Waals surface area (Å²) in [6, 6.07) is 9.84. The Kier molecular flexibility index (Phi) is 6.75. The van der Waals surface area contributed by atoms with Gasteiger partial charge < -0.3 is 34.3 Å². The molecule has 0 radical (unpaired) electrons. The molecule has 0 saturated carbocycles. The average molecular weight is 402 g/mol. The molecule has 3 rings (SSSR count). The fourth-order valence-corrected chi connectivity index (χ4v) is 2.61. The molecular weight excluding hydrogens is 380 g/mol. The predicted octanol–water partition coefficient (Wildman–Crippen LogP) is 1.82. The van der Waals surface area contributed by atoms with E-state index in [-0.39, 0.29) is 19.2 Å². The maximum Gasteiger partial charge on any atom is 0.251 e. The van der Waals surface area contributed by atoms with Crippen molar-refractivity contribution in [2.45, 2.75) is 0 Å². The Balaban J connectivity index is 1.54. The molecule has 0 bridgehead atoms. The van der Waals surface area contributed by atoms with Crippen LogP contribution in [0.25, 0.3) is 0 Å². The predicted molar refractivity (Wildman–Crippen MR) is 104 cm³/mol. The number of amides is 2. The summed E-state index contributed by atoms with van der Waals surface area (Å²) >= 11 is 0. The fraction of sp³-hybridized carbons (Fsp3) is 0.300. The van der Waals surface area contributed by atoms with E-state index < -0.39 is 5.91 Å². The third kappa shape index (κ3) is 5.29. The number of anilines is 1. The summed E-state index contributed by atoms with van der Waals surface area (Å²) in [4.78, 5) is 24.4. The standard InChI is InChI=1S/C20H22N2O7/c1-25-7-8-27-18-10-14(4-6-15(18)26-2)22-19(23)11-21-20(24)13-3-5-16-17(9-13)29-12-28-16/h3-6,9-10H,7-8,11-12H2,1-2H3,(H,21,24)(H,22,23). The van der Waals surface area contributed by atoms with Crippen LogP contribution in [-0.2, 0) is 9.53 Å². The number of rotatable bonds is 9. The van der Waals surface area contributed by atoms with Gasteiger partial charge in [0.25, 0.3) is 5.91 Å². The van der Waals surface area contributed by atoms with Crippen LogP contribution >= 0.6 is 0 Å². The Morgan fingerprint density at radius 1 is 1.00 bits per heavy atom. The summed E-state index contributed by atoms with van der Waals surface area (Å²) in [5.41, 5.74) is 0.890. The van der Waals surface area contributed by atoms with E-state index in [1.807, 2.05) is 0 Å². The molecule has 0 spiro atoms. The summed E-state index contributed by atoms with van der Waals surface area (Å²) < 4.78 is 26.2. The SMILES string of the molecule is COCCOc1cc(NC(=O)CNC(=O)c2ccc3c(c2)OCO3)ccc1OC. The summed E-state index contributed by atoms with van der Waals surface area (Å²) in [6.07, 6.45) is 0. The maximum absolute atomic E-state index is 12.2. The minimum atomic E-state index is -0.392. The van der Waals surface area contributed by atoms with Crippen molar-refractivity contribution < 1.29 is 33.3 Å². The van der Waals surface area contributed by atoms with E-state index in [1.54, 1.807) is 43.5 Å². The lowest BCUT2D eigenvalue weighted by Gasteiger charge is -2.13. The normalized spacial score (nSPS) is 11.7. The van der Waals surface area contributed by atoms with Crippen LogP contribution in [0.15, 0.2) is 36.4 Å². The maximum atomic E-state index is 12.2. The number of carbonyl (C=O) groups is 2. The van der Waals surface area contributed by atoms with Gasteiger partial charge in [-0.25, -0.2) is 0 Å². The summed E-state index contributed by atoms with van der Waals surface area (Å²) in [6.45, 7) is 0.697. The first-order valence-electron chi connectivity index (χ1n) is 8.88. The monoisotopic (exact) mass is 402 g/mol. The highest BCUT2D eigenvalue weighted by Gasteiger charge is 2.17. The van der Waals surface area contributed by atoms with Crippen LogP contribution in [0.3, 0.4) is 0 Å². The van der Waals surface area contributed by atoms with Gasteiger partial charge in [-0.15, -0.1) is 0 Å². The molecule has 9 heteroatoms. The topological polar surface area (TPSA) is 104 Å². The zero-order valence-electron chi connectivity index (χ0n) is 16.2. The first-order chi connectivity index (χ1) is 14.1. The lowest BCUT2D eigenvalue weighted by atomic mass is 10.2. The fourth-order valence-electron chi connectivity index (χ4n) is 2.61. The molecule has 0 aromatic heterocycles. The van der Waals surface area contributed by atoms with Gasteiger partial charge in [0.05, 0.1) is 20.3 Å². The zero-order chi connectivity index (χ0) is 20.6.